The molecule has 126 valence electrons. The maximum Gasteiger partial charge on any atom is 0.0500 e. The van der Waals surface area contributed by atoms with Crippen molar-refractivity contribution >= 4 is 0 Å². The molecule has 0 bridgehead atoms. The van der Waals surface area contributed by atoms with Crippen LogP contribution in [0.1, 0.15) is 36.8 Å². The smallest absolute Gasteiger partial charge is 0.0500 e. The molecule has 23 heavy (non-hydrogen) atoms. The number of aliphatic hydroxyl groups excluding tert-OH is 1. The lowest BCUT2D eigenvalue weighted by molar-refractivity contribution is 0.00707. The van der Waals surface area contributed by atoms with E-state index in [0.717, 1.165) is 32.5 Å². The predicted molar refractivity (Wildman–Crippen MR) is 93.6 cm³/mol. The summed E-state index contributed by atoms with van der Waals surface area (Å²) < 4.78 is 0. The molecule has 3 aliphatic rings. The van der Waals surface area contributed by atoms with Crippen LogP contribution in [0.25, 0.3) is 0 Å². The van der Waals surface area contributed by atoms with Crippen molar-refractivity contribution in [1.29, 1.82) is 0 Å². The van der Waals surface area contributed by atoms with Crippen molar-refractivity contribution in [2.24, 2.45) is 5.41 Å². The third kappa shape index (κ3) is 3.19. The highest BCUT2D eigenvalue weighted by Crippen LogP contribution is 2.36. The Morgan fingerprint density at radius 1 is 0.957 bits per heavy atom. The van der Waals surface area contributed by atoms with Crippen LogP contribution in [0.15, 0.2) is 24.3 Å². The second-order valence-corrected chi connectivity index (χ2v) is 8.01. The number of fused-ring (bicyclic) bond motifs is 1. The van der Waals surface area contributed by atoms with Crippen molar-refractivity contribution < 1.29 is 5.11 Å². The minimum Gasteiger partial charge on any atom is -0.396 e. The Balaban J connectivity index is 1.35. The number of aliphatic hydroxyl groups is 1. The lowest BCUT2D eigenvalue weighted by atomic mass is 9.78. The van der Waals surface area contributed by atoms with Gasteiger partial charge in [-0.25, -0.2) is 0 Å². The Hall–Kier alpha value is -0.900. The highest BCUT2D eigenvalue weighted by Gasteiger charge is 2.38. The van der Waals surface area contributed by atoms with Crippen LogP contribution < -0.4 is 0 Å². The molecule has 3 heteroatoms. The first kappa shape index (κ1) is 15.6. The fraction of sp³-hybridized carbons (Fsp3) is 0.700. The second kappa shape index (κ2) is 6.54. The number of hydrogen-bond donors (Lipinski definition) is 1. The lowest BCUT2D eigenvalue weighted by Gasteiger charge is -2.44. The first-order valence-corrected chi connectivity index (χ1v) is 9.42. The van der Waals surface area contributed by atoms with Crippen molar-refractivity contribution in [2.45, 2.75) is 44.6 Å². The van der Waals surface area contributed by atoms with E-state index in [1.165, 1.54) is 38.8 Å². The lowest BCUT2D eigenvalue weighted by Crippen LogP contribution is -2.50. The van der Waals surface area contributed by atoms with Crippen molar-refractivity contribution in [3.05, 3.63) is 35.4 Å². The Labute approximate surface area is 140 Å². The van der Waals surface area contributed by atoms with Crippen LogP contribution in [0.2, 0.25) is 0 Å². The van der Waals surface area contributed by atoms with Crippen LogP contribution in [0.5, 0.6) is 0 Å². The Morgan fingerprint density at radius 2 is 1.57 bits per heavy atom. The maximum absolute atomic E-state index is 10.1. The summed E-state index contributed by atoms with van der Waals surface area (Å²) in [5, 5.41) is 10.1. The molecular weight excluding hydrogens is 284 g/mol. The molecule has 2 saturated heterocycles. The third-order valence-electron chi connectivity index (χ3n) is 6.50. The van der Waals surface area contributed by atoms with E-state index in [9.17, 15) is 5.11 Å². The molecule has 4 rings (SSSR count). The van der Waals surface area contributed by atoms with Gasteiger partial charge in [0.25, 0.3) is 0 Å². The van der Waals surface area contributed by atoms with E-state index in [2.05, 4.69) is 34.1 Å². The molecule has 1 aromatic rings. The minimum absolute atomic E-state index is 0.159. The average Bonchev–Trinajstić information content (AvgIpc) is 3.24. The first-order chi connectivity index (χ1) is 11.3. The zero-order chi connectivity index (χ0) is 15.7. The molecule has 1 aromatic carbocycles. The quantitative estimate of drug-likeness (QED) is 0.924. The van der Waals surface area contributed by atoms with Gasteiger partial charge in [0.1, 0.15) is 0 Å². The Bertz CT molecular complexity index is 505. The summed E-state index contributed by atoms with van der Waals surface area (Å²) in [6.45, 7) is 6.28. The summed E-state index contributed by atoms with van der Waals surface area (Å²) in [5.41, 5.74) is 3.26. The molecule has 0 amide bonds. The highest BCUT2D eigenvalue weighted by molar-refractivity contribution is 5.33. The number of rotatable bonds is 4. The molecule has 0 atom stereocenters. The number of piperidine rings is 1. The van der Waals surface area contributed by atoms with Gasteiger partial charge in [0, 0.05) is 18.0 Å². The van der Waals surface area contributed by atoms with Gasteiger partial charge >= 0.3 is 0 Å². The van der Waals surface area contributed by atoms with Gasteiger partial charge in [-0.1, -0.05) is 24.3 Å². The summed E-state index contributed by atoms with van der Waals surface area (Å²) >= 11 is 0. The van der Waals surface area contributed by atoms with Gasteiger partial charge in [0.15, 0.2) is 0 Å². The van der Waals surface area contributed by atoms with E-state index in [1.807, 2.05) is 0 Å². The Morgan fingerprint density at radius 3 is 2.13 bits per heavy atom. The summed E-state index contributed by atoms with van der Waals surface area (Å²) in [6.07, 6.45) is 7.43. The number of hydrogen-bond acceptors (Lipinski definition) is 3. The van der Waals surface area contributed by atoms with E-state index >= 15 is 0 Å². The van der Waals surface area contributed by atoms with Crippen molar-refractivity contribution in [2.75, 3.05) is 39.3 Å². The molecular formula is C20H30N2O. The third-order valence-corrected chi connectivity index (χ3v) is 6.50. The number of nitrogens with zero attached hydrogens (tertiary/aromatic N) is 2. The van der Waals surface area contributed by atoms with Gasteiger partial charge in [0.2, 0.25) is 0 Å². The van der Waals surface area contributed by atoms with E-state index in [4.69, 9.17) is 0 Å². The van der Waals surface area contributed by atoms with E-state index in [-0.39, 0.29) is 5.41 Å². The van der Waals surface area contributed by atoms with E-state index < -0.39 is 0 Å². The zero-order valence-electron chi connectivity index (χ0n) is 14.2. The molecule has 1 N–H and O–H groups in total. The van der Waals surface area contributed by atoms with E-state index in [1.54, 1.807) is 11.1 Å². The monoisotopic (exact) mass is 314 g/mol. The van der Waals surface area contributed by atoms with Crippen LogP contribution >= 0.6 is 0 Å². The van der Waals surface area contributed by atoms with Gasteiger partial charge in [-0.3, -0.25) is 4.90 Å². The Kier molecular flexibility index (Phi) is 4.44. The van der Waals surface area contributed by atoms with Gasteiger partial charge in [-0.05, 0) is 75.8 Å². The zero-order valence-corrected chi connectivity index (χ0v) is 14.2. The van der Waals surface area contributed by atoms with Gasteiger partial charge in [-0.2, -0.15) is 0 Å². The molecule has 0 aromatic heterocycles. The molecule has 2 heterocycles. The second-order valence-electron chi connectivity index (χ2n) is 8.01. The molecule has 0 unspecified atom stereocenters. The molecule has 1 aliphatic carbocycles. The fourth-order valence-corrected chi connectivity index (χ4v) is 4.94. The molecule has 2 aliphatic heterocycles. The van der Waals surface area contributed by atoms with Gasteiger partial charge in [0.05, 0.1) is 6.61 Å². The predicted octanol–water partition coefficient (Wildman–Crippen LogP) is 2.32. The topological polar surface area (TPSA) is 26.7 Å². The average molecular weight is 314 g/mol. The fourth-order valence-electron chi connectivity index (χ4n) is 4.94. The normalized spacial score (nSPS) is 25.8. The first-order valence-electron chi connectivity index (χ1n) is 9.42. The number of benzene rings is 1. The largest absolute Gasteiger partial charge is 0.396 e. The standard InChI is InChI=1S/C20H30N2O/c23-16-20(15-21-9-3-4-10-21)7-11-22(12-8-20)19-13-17-5-1-2-6-18(17)14-19/h1-2,5-6,19,23H,3-4,7-16H2. The SMILES string of the molecule is OCC1(CN2CCCC2)CCN(C2Cc3ccccc3C2)CC1. The van der Waals surface area contributed by atoms with Crippen LogP contribution in [-0.2, 0) is 12.8 Å². The molecule has 0 radical (unpaired) electrons. The molecule has 2 fully saturated rings. The summed E-state index contributed by atoms with van der Waals surface area (Å²) in [7, 11) is 0. The van der Waals surface area contributed by atoms with Crippen LogP contribution in [0.3, 0.4) is 0 Å². The minimum atomic E-state index is 0.159. The number of likely N-dealkylation sites (tertiary alicyclic amines) is 2. The molecule has 0 saturated carbocycles. The summed E-state index contributed by atoms with van der Waals surface area (Å²) in [4.78, 5) is 5.27. The van der Waals surface area contributed by atoms with Crippen molar-refractivity contribution in [1.82, 2.24) is 9.80 Å². The summed E-state index contributed by atoms with van der Waals surface area (Å²) in [6, 6.07) is 9.62. The maximum atomic E-state index is 10.1. The van der Waals surface area contributed by atoms with Gasteiger partial charge < -0.3 is 10.0 Å². The summed E-state index contributed by atoms with van der Waals surface area (Å²) in [5.74, 6) is 0. The van der Waals surface area contributed by atoms with Crippen LogP contribution in [-0.4, -0.2) is 60.3 Å². The van der Waals surface area contributed by atoms with Crippen LogP contribution in [0, 0.1) is 5.41 Å². The molecule has 0 spiro atoms. The van der Waals surface area contributed by atoms with E-state index in [0.29, 0.717) is 12.6 Å². The van der Waals surface area contributed by atoms with Gasteiger partial charge in [-0.15, -0.1) is 0 Å². The van der Waals surface area contributed by atoms with Crippen molar-refractivity contribution in [3.8, 4) is 0 Å². The molecule has 3 nitrogen and oxygen atoms in total. The van der Waals surface area contributed by atoms with Crippen molar-refractivity contribution in [3.63, 3.8) is 0 Å². The highest BCUT2D eigenvalue weighted by atomic mass is 16.3. The van der Waals surface area contributed by atoms with Crippen LogP contribution in [0.4, 0.5) is 0 Å².